The van der Waals surface area contributed by atoms with Crippen LogP contribution in [0, 0.1) is 0 Å². The van der Waals surface area contributed by atoms with Gasteiger partial charge in [-0.1, -0.05) is 33.6 Å². The van der Waals surface area contributed by atoms with Gasteiger partial charge in [0.1, 0.15) is 30.8 Å². The third kappa shape index (κ3) is 5.05. The Morgan fingerprint density at radius 3 is 2.46 bits per heavy atom. The number of halogens is 2. The molecule has 0 unspecified atom stereocenters. The molecule has 0 radical (unpaired) electrons. The monoisotopic (exact) mass is 465 g/mol. The van der Waals surface area contributed by atoms with Gasteiger partial charge in [0, 0.05) is 10.9 Å². The number of carbonyl (C=O) groups excluding carboxylic acids is 1. The lowest BCUT2D eigenvalue weighted by Gasteiger charge is -2.17. The van der Waals surface area contributed by atoms with Gasteiger partial charge in [0.05, 0.1) is 10.6 Å². The average molecular weight is 467 g/mol. The van der Waals surface area contributed by atoms with E-state index in [0.717, 1.165) is 0 Å². The molecule has 4 rings (SSSR count). The first-order valence-electron chi connectivity index (χ1n) is 8.46. The number of carbonyl (C=O) groups is 2. The van der Waals surface area contributed by atoms with Gasteiger partial charge in [0.2, 0.25) is 0 Å². The van der Waals surface area contributed by atoms with E-state index in [-0.39, 0.29) is 18.6 Å². The second-order valence-electron chi connectivity index (χ2n) is 6.07. The Bertz CT molecular complexity index is 931. The summed E-state index contributed by atoms with van der Waals surface area (Å²) in [4.78, 5) is 24.4. The topological polar surface area (TPSA) is 84.9 Å². The molecule has 1 atom stereocenters. The van der Waals surface area contributed by atoms with Gasteiger partial charge >= 0.3 is 5.97 Å². The van der Waals surface area contributed by atoms with Crippen LogP contribution >= 0.6 is 27.5 Å². The summed E-state index contributed by atoms with van der Waals surface area (Å²) in [5.41, 5.74) is 0.907. The van der Waals surface area contributed by atoms with Crippen molar-refractivity contribution in [3.63, 3.8) is 0 Å². The highest BCUT2D eigenvalue weighted by atomic mass is 79.9. The number of nitrogens with one attached hydrogen (secondary N) is 1. The number of carboxylic acid groups (broad SMARTS) is 1. The smallest absolute Gasteiger partial charge is 0.326 e. The van der Waals surface area contributed by atoms with Gasteiger partial charge < -0.3 is 19.9 Å². The number of aliphatic carboxylic acids is 1. The molecule has 8 heteroatoms. The number of fused-ring (bicyclic) bond motifs is 9. The van der Waals surface area contributed by atoms with Crippen molar-refractivity contribution in [3.8, 4) is 11.5 Å². The molecular weight excluding hydrogens is 450 g/mol. The SMILES string of the molecule is O=C1N[C@H](C(=O)O)Cc2ccc(c(Cl)c2)OC/C=C/COc2ccc(Br)cc21. The zero-order valence-electron chi connectivity index (χ0n) is 14.7. The second-order valence-corrected chi connectivity index (χ2v) is 7.39. The average Bonchev–Trinajstić information content (AvgIpc) is 2.65. The summed E-state index contributed by atoms with van der Waals surface area (Å²) in [5.74, 6) is -0.833. The first-order valence-corrected chi connectivity index (χ1v) is 9.63. The highest BCUT2D eigenvalue weighted by Gasteiger charge is 2.23. The molecule has 2 aliphatic rings. The molecule has 0 fully saturated rings. The summed E-state index contributed by atoms with van der Waals surface area (Å²) in [7, 11) is 0. The van der Waals surface area contributed by atoms with Crippen molar-refractivity contribution in [2.45, 2.75) is 12.5 Å². The number of benzene rings is 2. The number of hydrogen-bond acceptors (Lipinski definition) is 4. The third-order valence-electron chi connectivity index (χ3n) is 4.06. The largest absolute Gasteiger partial charge is 0.489 e. The maximum absolute atomic E-state index is 12.7. The second kappa shape index (κ2) is 9.12. The van der Waals surface area contributed by atoms with Crippen LogP contribution in [0.5, 0.6) is 11.5 Å². The molecule has 2 aromatic carbocycles. The van der Waals surface area contributed by atoms with E-state index in [2.05, 4.69) is 21.2 Å². The normalized spacial score (nSPS) is 18.4. The summed E-state index contributed by atoms with van der Waals surface area (Å²) in [6, 6.07) is 8.91. The standard InChI is InChI=1S/C20H17BrClNO5/c21-13-4-6-17-14(11-13)19(24)23-16(20(25)26)10-12-3-5-18(15(22)9-12)28-8-2-1-7-27-17/h1-6,9,11,16H,7-8,10H2,(H,23,24)(H,25,26)/b2-1+/t16-/m0/s1. The molecule has 0 spiro atoms. The maximum atomic E-state index is 12.7. The van der Waals surface area contributed by atoms with Crippen LogP contribution in [-0.4, -0.2) is 36.2 Å². The van der Waals surface area contributed by atoms with Crippen LogP contribution < -0.4 is 14.8 Å². The summed E-state index contributed by atoms with van der Waals surface area (Å²) in [6.45, 7) is 0.522. The van der Waals surface area contributed by atoms with Crippen LogP contribution in [0.25, 0.3) is 0 Å². The lowest BCUT2D eigenvalue weighted by molar-refractivity contribution is -0.139. The van der Waals surface area contributed by atoms with E-state index in [1.165, 1.54) is 0 Å². The van der Waals surface area contributed by atoms with E-state index in [1.54, 1.807) is 48.6 Å². The Kier molecular flexibility index (Phi) is 6.59. The van der Waals surface area contributed by atoms with Crippen LogP contribution in [0.4, 0.5) is 0 Å². The van der Waals surface area contributed by atoms with Gasteiger partial charge in [-0.25, -0.2) is 4.79 Å². The number of hydrogen-bond donors (Lipinski definition) is 2. The lowest BCUT2D eigenvalue weighted by atomic mass is 10.0. The number of amides is 1. The van der Waals surface area contributed by atoms with E-state index in [1.807, 2.05) is 0 Å². The quantitative estimate of drug-likeness (QED) is 0.624. The van der Waals surface area contributed by atoms with Gasteiger partial charge in [-0.2, -0.15) is 0 Å². The first kappa shape index (κ1) is 20.2. The molecule has 2 aliphatic heterocycles. The van der Waals surface area contributed by atoms with Crippen molar-refractivity contribution in [2.75, 3.05) is 13.2 Å². The number of carboxylic acids is 1. The molecular formula is C20H17BrClNO5. The molecule has 1 amide bonds. The summed E-state index contributed by atoms with van der Waals surface area (Å²) in [6.07, 6.45) is 3.62. The molecule has 0 saturated heterocycles. The van der Waals surface area contributed by atoms with Crippen LogP contribution in [0.2, 0.25) is 5.02 Å². The van der Waals surface area contributed by atoms with E-state index in [9.17, 15) is 14.7 Å². The number of ether oxygens (including phenoxy) is 2. The zero-order valence-corrected chi connectivity index (χ0v) is 17.0. The van der Waals surface area contributed by atoms with Gasteiger partial charge in [-0.3, -0.25) is 4.79 Å². The molecule has 146 valence electrons. The Hall–Kier alpha value is -2.51. The van der Waals surface area contributed by atoms with E-state index in [4.69, 9.17) is 21.1 Å². The minimum absolute atomic E-state index is 0.0746. The van der Waals surface area contributed by atoms with E-state index >= 15 is 0 Å². The van der Waals surface area contributed by atoms with Gasteiger partial charge in [0.25, 0.3) is 5.91 Å². The molecule has 2 bridgehead atoms. The Balaban J connectivity index is 1.96. The fourth-order valence-electron chi connectivity index (χ4n) is 2.68. The first-order chi connectivity index (χ1) is 13.4. The van der Waals surface area contributed by atoms with Crippen molar-refractivity contribution in [3.05, 3.63) is 69.2 Å². The van der Waals surface area contributed by atoms with Crippen molar-refractivity contribution in [1.29, 1.82) is 0 Å². The van der Waals surface area contributed by atoms with Gasteiger partial charge in [0.15, 0.2) is 0 Å². The maximum Gasteiger partial charge on any atom is 0.326 e. The molecule has 2 heterocycles. The summed E-state index contributed by atoms with van der Waals surface area (Å²) in [5, 5.41) is 12.5. The van der Waals surface area contributed by atoms with Crippen LogP contribution in [0.3, 0.4) is 0 Å². The molecule has 2 aromatic rings. The predicted molar refractivity (Wildman–Crippen MR) is 108 cm³/mol. The van der Waals surface area contributed by atoms with Crippen molar-refractivity contribution in [2.24, 2.45) is 0 Å². The minimum atomic E-state index is -1.15. The Labute approximate surface area is 175 Å². The molecule has 0 aliphatic carbocycles. The van der Waals surface area contributed by atoms with Gasteiger partial charge in [-0.05, 0) is 48.0 Å². The van der Waals surface area contributed by atoms with Crippen LogP contribution in [-0.2, 0) is 11.2 Å². The van der Waals surface area contributed by atoms with Crippen molar-refractivity contribution >= 4 is 39.4 Å². The molecule has 0 saturated carbocycles. The third-order valence-corrected chi connectivity index (χ3v) is 4.85. The Morgan fingerprint density at radius 1 is 1.11 bits per heavy atom. The molecule has 28 heavy (non-hydrogen) atoms. The predicted octanol–water partition coefficient (Wildman–Crippen LogP) is 3.86. The lowest BCUT2D eigenvalue weighted by Crippen LogP contribution is -2.42. The zero-order chi connectivity index (χ0) is 20.1. The molecule has 0 aromatic heterocycles. The summed E-state index contributed by atoms with van der Waals surface area (Å²) >= 11 is 9.54. The fraction of sp³-hybridized carbons (Fsp3) is 0.200. The Morgan fingerprint density at radius 2 is 1.79 bits per heavy atom. The fourth-order valence-corrected chi connectivity index (χ4v) is 3.30. The van der Waals surface area contributed by atoms with Crippen LogP contribution in [0.1, 0.15) is 15.9 Å². The minimum Gasteiger partial charge on any atom is -0.489 e. The number of rotatable bonds is 1. The molecule has 2 N–H and O–H groups in total. The molecule has 6 nitrogen and oxygen atoms in total. The van der Waals surface area contributed by atoms with Crippen molar-refractivity contribution in [1.82, 2.24) is 5.32 Å². The highest BCUT2D eigenvalue weighted by molar-refractivity contribution is 9.10. The van der Waals surface area contributed by atoms with E-state index < -0.39 is 17.9 Å². The van der Waals surface area contributed by atoms with Crippen molar-refractivity contribution < 1.29 is 24.2 Å². The van der Waals surface area contributed by atoms with Gasteiger partial charge in [-0.15, -0.1) is 0 Å². The summed E-state index contributed by atoms with van der Waals surface area (Å²) < 4.78 is 11.9. The highest BCUT2D eigenvalue weighted by Crippen LogP contribution is 2.27. The van der Waals surface area contributed by atoms with E-state index in [0.29, 0.717) is 33.2 Å². The van der Waals surface area contributed by atoms with Crippen LogP contribution in [0.15, 0.2) is 53.0 Å².